The van der Waals surface area contributed by atoms with Gasteiger partial charge in [0, 0.05) is 32.4 Å². The molecule has 1 aromatic carbocycles. The minimum atomic E-state index is -0.209. The van der Waals surface area contributed by atoms with E-state index in [9.17, 15) is 4.39 Å². The van der Waals surface area contributed by atoms with Gasteiger partial charge in [-0.25, -0.2) is 14.4 Å². The number of halogens is 1. The topological polar surface area (TPSA) is 61.8 Å². The Hall–Kier alpha value is -2.67. The largest absolute Gasteiger partial charge is 0.375 e. The van der Waals surface area contributed by atoms with Gasteiger partial charge in [0.15, 0.2) is 5.96 Å². The summed E-state index contributed by atoms with van der Waals surface area (Å²) < 4.78 is 18.6. The highest BCUT2D eigenvalue weighted by Gasteiger charge is 2.17. The predicted octanol–water partition coefficient (Wildman–Crippen LogP) is 2.74. The van der Waals surface area contributed by atoms with Crippen LogP contribution >= 0.6 is 0 Å². The van der Waals surface area contributed by atoms with Crippen molar-refractivity contribution in [2.75, 3.05) is 37.7 Å². The van der Waals surface area contributed by atoms with Crippen LogP contribution in [0.3, 0.4) is 0 Å². The van der Waals surface area contributed by atoms with Crippen LogP contribution in [0.15, 0.2) is 47.6 Å². The van der Waals surface area contributed by atoms with Crippen molar-refractivity contribution >= 4 is 11.8 Å². The van der Waals surface area contributed by atoms with Gasteiger partial charge in [-0.1, -0.05) is 18.2 Å². The third-order valence-electron chi connectivity index (χ3n) is 4.76. The maximum Gasteiger partial charge on any atom is 0.191 e. The van der Waals surface area contributed by atoms with Crippen LogP contribution < -0.4 is 15.5 Å². The van der Waals surface area contributed by atoms with Crippen LogP contribution in [-0.4, -0.2) is 49.8 Å². The molecule has 0 radical (unpaired) electrons. The minimum Gasteiger partial charge on any atom is -0.375 e. The highest BCUT2D eigenvalue weighted by molar-refractivity contribution is 5.79. The molecule has 3 rings (SSSR count). The molecule has 6 nitrogen and oxygen atoms in total. The molecule has 0 bridgehead atoms. The molecule has 29 heavy (non-hydrogen) atoms. The molecule has 7 heteroatoms. The molecular weight excluding hydrogens is 369 g/mol. The van der Waals surface area contributed by atoms with E-state index in [0.29, 0.717) is 6.54 Å². The molecule has 1 atom stereocenters. The molecule has 0 saturated carbocycles. The van der Waals surface area contributed by atoms with Crippen molar-refractivity contribution in [1.29, 1.82) is 0 Å². The lowest BCUT2D eigenvalue weighted by Gasteiger charge is -2.32. The average molecular weight is 400 g/mol. The number of morpholine rings is 1. The quantitative estimate of drug-likeness (QED) is 0.554. The lowest BCUT2D eigenvalue weighted by molar-refractivity contribution is 0.0529. The Morgan fingerprint density at radius 3 is 2.69 bits per heavy atom. The number of guanidine groups is 1. The fourth-order valence-electron chi connectivity index (χ4n) is 3.21. The molecule has 0 aliphatic carbocycles. The summed E-state index contributed by atoms with van der Waals surface area (Å²) in [4.78, 5) is 11.5. The van der Waals surface area contributed by atoms with E-state index in [1.165, 1.54) is 12.1 Å². The summed E-state index contributed by atoms with van der Waals surface area (Å²) in [5, 5.41) is 6.58. The van der Waals surface area contributed by atoms with Gasteiger partial charge < -0.3 is 20.3 Å². The number of hydrogen-bond acceptors (Lipinski definition) is 4. The maximum atomic E-state index is 13.0. The zero-order valence-electron chi connectivity index (χ0n) is 17.2. The fourth-order valence-corrected chi connectivity index (χ4v) is 3.21. The van der Waals surface area contributed by atoms with E-state index in [1.807, 2.05) is 25.3 Å². The van der Waals surface area contributed by atoms with E-state index >= 15 is 0 Å². The van der Waals surface area contributed by atoms with E-state index in [2.05, 4.69) is 44.6 Å². The number of benzene rings is 1. The summed E-state index contributed by atoms with van der Waals surface area (Å²) in [6, 6.07) is 10.7. The van der Waals surface area contributed by atoms with Crippen LogP contribution in [0, 0.1) is 5.82 Å². The van der Waals surface area contributed by atoms with Gasteiger partial charge >= 0.3 is 0 Å². The number of ether oxygens (including phenoxy) is 1. The van der Waals surface area contributed by atoms with E-state index in [-0.39, 0.29) is 11.9 Å². The van der Waals surface area contributed by atoms with Crippen LogP contribution in [0.5, 0.6) is 0 Å². The molecule has 2 N–H and O–H groups in total. The lowest BCUT2D eigenvalue weighted by atomic mass is 10.1. The van der Waals surface area contributed by atoms with Gasteiger partial charge in [-0.2, -0.15) is 0 Å². The van der Waals surface area contributed by atoms with Crippen molar-refractivity contribution in [3.8, 4) is 0 Å². The third-order valence-corrected chi connectivity index (χ3v) is 4.76. The van der Waals surface area contributed by atoms with Gasteiger partial charge in [0.1, 0.15) is 11.6 Å². The molecule has 0 spiro atoms. The summed E-state index contributed by atoms with van der Waals surface area (Å²) >= 11 is 0. The Morgan fingerprint density at radius 2 is 2.00 bits per heavy atom. The van der Waals surface area contributed by atoms with Crippen molar-refractivity contribution in [2.24, 2.45) is 4.99 Å². The summed E-state index contributed by atoms with van der Waals surface area (Å²) in [7, 11) is 0. The Balaban J connectivity index is 1.51. The van der Waals surface area contributed by atoms with Gasteiger partial charge in [-0.3, -0.25) is 0 Å². The Kier molecular flexibility index (Phi) is 7.81. The second-order valence-electron chi connectivity index (χ2n) is 7.15. The molecule has 1 aliphatic heterocycles. The number of aromatic nitrogens is 1. The highest BCUT2D eigenvalue weighted by Crippen LogP contribution is 2.15. The first-order chi connectivity index (χ1) is 14.1. The average Bonchev–Trinajstić information content (AvgIpc) is 2.74. The SMILES string of the molecule is CCNC(=NCc1ccc(N2CCOC(C)C2)nc1)NCCc1ccc(F)cc1. The van der Waals surface area contributed by atoms with Crippen molar-refractivity contribution in [1.82, 2.24) is 15.6 Å². The number of aliphatic imine (C=N–C) groups is 1. The predicted molar refractivity (Wildman–Crippen MR) is 115 cm³/mol. The third kappa shape index (κ3) is 6.71. The standard InChI is InChI=1S/C22H30FN5O/c1-3-24-22(25-11-10-18-4-7-20(23)8-5-18)27-15-19-6-9-21(26-14-19)28-12-13-29-17(2)16-28/h4-9,14,17H,3,10-13,15-16H2,1-2H3,(H2,24,25,27). The van der Waals surface area contributed by atoms with Crippen LogP contribution in [-0.2, 0) is 17.7 Å². The van der Waals surface area contributed by atoms with Crippen LogP contribution in [0.25, 0.3) is 0 Å². The lowest BCUT2D eigenvalue weighted by Crippen LogP contribution is -2.41. The minimum absolute atomic E-state index is 0.209. The molecule has 0 amide bonds. The molecule has 2 heterocycles. The van der Waals surface area contributed by atoms with Gasteiger partial charge in [-0.05, 0) is 49.6 Å². The van der Waals surface area contributed by atoms with E-state index in [0.717, 1.165) is 62.1 Å². The molecule has 1 aliphatic rings. The smallest absolute Gasteiger partial charge is 0.191 e. The summed E-state index contributed by atoms with van der Waals surface area (Å²) in [5.74, 6) is 1.54. The van der Waals surface area contributed by atoms with Gasteiger partial charge in [0.25, 0.3) is 0 Å². The molecule has 156 valence electrons. The molecule has 2 aromatic rings. The van der Waals surface area contributed by atoms with E-state index in [4.69, 9.17) is 4.74 Å². The van der Waals surface area contributed by atoms with Crippen molar-refractivity contribution in [3.05, 3.63) is 59.5 Å². The number of nitrogens with one attached hydrogen (secondary N) is 2. The highest BCUT2D eigenvalue weighted by atomic mass is 19.1. The molecule has 1 aromatic heterocycles. The number of pyridine rings is 1. The molecular formula is C22H30FN5O. The second-order valence-corrected chi connectivity index (χ2v) is 7.15. The molecule has 1 unspecified atom stereocenters. The van der Waals surface area contributed by atoms with Crippen molar-refractivity contribution in [3.63, 3.8) is 0 Å². The molecule has 1 saturated heterocycles. The Labute approximate surface area is 172 Å². The number of hydrogen-bond donors (Lipinski definition) is 2. The summed E-state index contributed by atoms with van der Waals surface area (Å²) in [6.45, 7) is 8.67. The van der Waals surface area contributed by atoms with Crippen LogP contribution in [0.2, 0.25) is 0 Å². The number of anilines is 1. The first-order valence-corrected chi connectivity index (χ1v) is 10.2. The van der Waals surface area contributed by atoms with Crippen molar-refractivity contribution < 1.29 is 9.13 Å². The fraction of sp³-hybridized carbons (Fsp3) is 0.455. The van der Waals surface area contributed by atoms with E-state index in [1.54, 1.807) is 0 Å². The van der Waals surface area contributed by atoms with Crippen molar-refractivity contribution in [2.45, 2.75) is 32.9 Å². The van der Waals surface area contributed by atoms with Gasteiger partial charge in [0.05, 0.1) is 19.3 Å². The first-order valence-electron chi connectivity index (χ1n) is 10.2. The second kappa shape index (κ2) is 10.8. The normalized spacial score (nSPS) is 17.3. The maximum absolute atomic E-state index is 13.0. The molecule has 1 fully saturated rings. The monoisotopic (exact) mass is 399 g/mol. The van der Waals surface area contributed by atoms with E-state index < -0.39 is 0 Å². The zero-order chi connectivity index (χ0) is 20.5. The number of nitrogens with zero attached hydrogens (tertiary/aromatic N) is 3. The first kappa shape index (κ1) is 21.0. The Morgan fingerprint density at radius 1 is 1.21 bits per heavy atom. The van der Waals surface area contributed by atoms with Gasteiger partial charge in [0.2, 0.25) is 0 Å². The van der Waals surface area contributed by atoms with Crippen LogP contribution in [0.1, 0.15) is 25.0 Å². The number of rotatable bonds is 7. The summed E-state index contributed by atoms with van der Waals surface area (Å²) in [6.07, 6.45) is 2.93. The zero-order valence-corrected chi connectivity index (χ0v) is 17.2. The summed E-state index contributed by atoms with van der Waals surface area (Å²) in [5.41, 5.74) is 2.15. The van der Waals surface area contributed by atoms with Gasteiger partial charge in [-0.15, -0.1) is 0 Å². The Bertz CT molecular complexity index is 779. The van der Waals surface area contributed by atoms with Crippen LogP contribution in [0.4, 0.5) is 10.2 Å².